The highest BCUT2D eigenvalue weighted by Crippen LogP contribution is 2.24. The number of aryl methyl sites for hydroxylation is 1. The molecule has 0 unspecified atom stereocenters. The first-order valence-electron chi connectivity index (χ1n) is 6.35. The summed E-state index contributed by atoms with van der Waals surface area (Å²) in [4.78, 5) is 17.7. The van der Waals surface area contributed by atoms with E-state index in [9.17, 15) is 4.79 Å². The molecule has 20 heavy (non-hydrogen) atoms. The van der Waals surface area contributed by atoms with Crippen molar-refractivity contribution in [2.75, 3.05) is 20.7 Å². The largest absolute Gasteiger partial charge is 0.468 e. The number of esters is 1. The van der Waals surface area contributed by atoms with Crippen molar-refractivity contribution in [2.24, 2.45) is 0 Å². The third kappa shape index (κ3) is 3.88. The number of benzene rings is 1. The number of aromatic nitrogens is 1. The first-order chi connectivity index (χ1) is 9.58. The maximum atomic E-state index is 11.2. The third-order valence-electron chi connectivity index (χ3n) is 2.91. The van der Waals surface area contributed by atoms with Gasteiger partial charge in [-0.05, 0) is 14.0 Å². The fraction of sp³-hybridized carbons (Fsp3) is 0.333. The highest BCUT2D eigenvalue weighted by molar-refractivity contribution is 7.13. The van der Waals surface area contributed by atoms with E-state index in [1.54, 1.807) is 11.3 Å². The number of ether oxygens (including phenoxy) is 1. The molecule has 0 amide bonds. The van der Waals surface area contributed by atoms with Gasteiger partial charge in [0.05, 0.1) is 19.3 Å². The number of carbonyl (C=O) groups is 1. The van der Waals surface area contributed by atoms with Crippen molar-refractivity contribution in [3.8, 4) is 10.6 Å². The Balaban J connectivity index is 2.02. The number of hydrogen-bond acceptors (Lipinski definition) is 5. The molecule has 5 heteroatoms. The van der Waals surface area contributed by atoms with Crippen molar-refractivity contribution in [1.82, 2.24) is 9.88 Å². The van der Waals surface area contributed by atoms with E-state index in [2.05, 4.69) is 40.9 Å². The van der Waals surface area contributed by atoms with Crippen LogP contribution in [-0.2, 0) is 16.1 Å². The lowest BCUT2D eigenvalue weighted by Crippen LogP contribution is -2.26. The van der Waals surface area contributed by atoms with E-state index < -0.39 is 0 Å². The first-order valence-corrected chi connectivity index (χ1v) is 7.23. The lowest BCUT2D eigenvalue weighted by molar-refractivity contribution is -0.141. The van der Waals surface area contributed by atoms with Gasteiger partial charge in [0.1, 0.15) is 5.01 Å². The standard InChI is InChI=1S/C15H18N2O2S/c1-11-4-6-12(7-5-11)15-16-13(10-20-15)8-17(2)9-14(18)19-3/h4-7,10H,8-9H2,1-3H3. The molecule has 0 aliphatic heterocycles. The van der Waals surface area contributed by atoms with Crippen LogP contribution in [0, 0.1) is 6.92 Å². The fourth-order valence-corrected chi connectivity index (χ4v) is 2.64. The van der Waals surface area contributed by atoms with Gasteiger partial charge < -0.3 is 4.74 Å². The topological polar surface area (TPSA) is 42.4 Å². The summed E-state index contributed by atoms with van der Waals surface area (Å²) >= 11 is 1.62. The van der Waals surface area contributed by atoms with Crippen LogP contribution in [-0.4, -0.2) is 36.6 Å². The molecule has 0 radical (unpaired) electrons. The molecular weight excluding hydrogens is 272 g/mol. The Morgan fingerprint density at radius 3 is 2.70 bits per heavy atom. The second-order valence-electron chi connectivity index (χ2n) is 4.76. The van der Waals surface area contributed by atoms with Gasteiger partial charge in [-0.3, -0.25) is 9.69 Å². The molecule has 2 rings (SSSR count). The number of nitrogens with zero attached hydrogens (tertiary/aromatic N) is 2. The minimum Gasteiger partial charge on any atom is -0.468 e. The summed E-state index contributed by atoms with van der Waals surface area (Å²) in [6.45, 7) is 2.98. The maximum absolute atomic E-state index is 11.2. The Morgan fingerprint density at radius 2 is 2.05 bits per heavy atom. The molecule has 0 aliphatic carbocycles. The lowest BCUT2D eigenvalue weighted by Gasteiger charge is -2.12. The van der Waals surface area contributed by atoms with Crippen LogP contribution >= 0.6 is 11.3 Å². The van der Waals surface area contributed by atoms with Crippen molar-refractivity contribution in [3.63, 3.8) is 0 Å². The fourth-order valence-electron chi connectivity index (χ4n) is 1.83. The summed E-state index contributed by atoms with van der Waals surface area (Å²) in [5.74, 6) is -0.235. The van der Waals surface area contributed by atoms with E-state index >= 15 is 0 Å². The quantitative estimate of drug-likeness (QED) is 0.794. The highest BCUT2D eigenvalue weighted by atomic mass is 32.1. The Bertz CT molecular complexity index is 578. The molecule has 0 atom stereocenters. The SMILES string of the molecule is COC(=O)CN(C)Cc1csc(-c2ccc(C)cc2)n1. The van der Waals surface area contributed by atoms with Gasteiger partial charge >= 0.3 is 5.97 Å². The van der Waals surface area contributed by atoms with Crippen molar-refractivity contribution in [1.29, 1.82) is 0 Å². The van der Waals surface area contributed by atoms with Gasteiger partial charge in [0, 0.05) is 17.5 Å². The summed E-state index contributed by atoms with van der Waals surface area (Å²) in [7, 11) is 3.27. The molecule has 4 nitrogen and oxygen atoms in total. The van der Waals surface area contributed by atoms with E-state index in [1.807, 2.05) is 17.3 Å². The summed E-state index contributed by atoms with van der Waals surface area (Å²) in [5.41, 5.74) is 3.34. The van der Waals surface area contributed by atoms with E-state index in [1.165, 1.54) is 12.7 Å². The average molecular weight is 290 g/mol. The Labute approximate surface area is 123 Å². The van der Waals surface area contributed by atoms with E-state index in [-0.39, 0.29) is 12.5 Å². The zero-order chi connectivity index (χ0) is 14.5. The molecule has 0 saturated heterocycles. The molecule has 0 aliphatic rings. The van der Waals surface area contributed by atoms with Crippen LogP contribution in [0.3, 0.4) is 0 Å². The predicted molar refractivity (Wildman–Crippen MR) is 80.6 cm³/mol. The highest BCUT2D eigenvalue weighted by Gasteiger charge is 2.10. The van der Waals surface area contributed by atoms with Gasteiger partial charge in [0.2, 0.25) is 0 Å². The van der Waals surface area contributed by atoms with Crippen LogP contribution in [0.2, 0.25) is 0 Å². The van der Waals surface area contributed by atoms with E-state index in [4.69, 9.17) is 0 Å². The van der Waals surface area contributed by atoms with Crippen LogP contribution in [0.1, 0.15) is 11.3 Å². The number of thiazole rings is 1. The molecule has 0 saturated carbocycles. The molecule has 0 bridgehead atoms. The predicted octanol–water partition coefficient (Wildman–Crippen LogP) is 2.72. The molecule has 0 N–H and O–H groups in total. The van der Waals surface area contributed by atoms with Crippen LogP contribution < -0.4 is 0 Å². The van der Waals surface area contributed by atoms with Gasteiger partial charge in [-0.1, -0.05) is 29.8 Å². The Morgan fingerprint density at radius 1 is 1.35 bits per heavy atom. The van der Waals surface area contributed by atoms with E-state index in [0.29, 0.717) is 6.54 Å². The Hall–Kier alpha value is -1.72. The maximum Gasteiger partial charge on any atom is 0.319 e. The minimum atomic E-state index is -0.235. The molecular formula is C15H18N2O2S. The molecule has 2 aromatic rings. The van der Waals surface area contributed by atoms with Crippen LogP contribution in [0.5, 0.6) is 0 Å². The zero-order valence-electron chi connectivity index (χ0n) is 11.9. The summed E-state index contributed by atoms with van der Waals surface area (Å²) in [6.07, 6.45) is 0. The first kappa shape index (κ1) is 14.7. The van der Waals surface area contributed by atoms with Crippen molar-refractivity contribution in [3.05, 3.63) is 40.9 Å². The third-order valence-corrected chi connectivity index (χ3v) is 3.85. The molecule has 1 heterocycles. The van der Waals surface area contributed by atoms with Crippen LogP contribution in [0.25, 0.3) is 10.6 Å². The minimum absolute atomic E-state index is 0.235. The lowest BCUT2D eigenvalue weighted by atomic mass is 10.2. The number of likely N-dealkylation sites (N-methyl/N-ethyl adjacent to an activating group) is 1. The summed E-state index contributed by atoms with van der Waals surface area (Å²) in [5, 5.41) is 3.04. The van der Waals surface area contributed by atoms with Gasteiger partial charge in [0.25, 0.3) is 0 Å². The number of carbonyl (C=O) groups excluding carboxylic acids is 1. The van der Waals surface area contributed by atoms with Crippen molar-refractivity contribution >= 4 is 17.3 Å². The summed E-state index contributed by atoms with van der Waals surface area (Å²) in [6, 6.07) is 8.33. The van der Waals surface area contributed by atoms with Crippen LogP contribution in [0.15, 0.2) is 29.6 Å². The van der Waals surface area contributed by atoms with Gasteiger partial charge in [0.15, 0.2) is 0 Å². The van der Waals surface area contributed by atoms with Gasteiger partial charge in [-0.25, -0.2) is 4.98 Å². The van der Waals surface area contributed by atoms with Crippen molar-refractivity contribution < 1.29 is 9.53 Å². The van der Waals surface area contributed by atoms with E-state index in [0.717, 1.165) is 16.3 Å². The Kier molecular flexibility index (Phi) is 4.87. The number of methoxy groups -OCH3 is 1. The summed E-state index contributed by atoms with van der Waals surface area (Å²) < 4.78 is 4.65. The van der Waals surface area contributed by atoms with Gasteiger partial charge in [-0.15, -0.1) is 11.3 Å². The number of hydrogen-bond donors (Lipinski definition) is 0. The average Bonchev–Trinajstić information content (AvgIpc) is 2.87. The second kappa shape index (κ2) is 6.63. The van der Waals surface area contributed by atoms with Gasteiger partial charge in [-0.2, -0.15) is 0 Å². The molecule has 1 aromatic carbocycles. The van der Waals surface area contributed by atoms with Crippen LogP contribution in [0.4, 0.5) is 0 Å². The smallest absolute Gasteiger partial charge is 0.319 e. The second-order valence-corrected chi connectivity index (χ2v) is 5.62. The normalized spacial score (nSPS) is 10.8. The molecule has 0 spiro atoms. The zero-order valence-corrected chi connectivity index (χ0v) is 12.7. The molecule has 106 valence electrons. The molecule has 0 fully saturated rings. The monoisotopic (exact) mass is 290 g/mol. The van der Waals surface area contributed by atoms with Crippen molar-refractivity contribution in [2.45, 2.75) is 13.5 Å². The molecule has 1 aromatic heterocycles. The number of rotatable bonds is 5.